The van der Waals surface area contributed by atoms with Crippen molar-refractivity contribution in [3.63, 3.8) is 0 Å². The third-order valence-electron chi connectivity index (χ3n) is 2.29. The first-order chi connectivity index (χ1) is 8.38. The first-order valence-corrected chi connectivity index (χ1v) is 6.67. The van der Waals surface area contributed by atoms with Crippen LogP contribution in [0.25, 0.3) is 0 Å². The molecule has 0 aliphatic heterocycles. The highest BCUT2D eigenvalue weighted by Gasteiger charge is 2.20. The Balaban J connectivity index is 2.36. The number of halogens is 1. The Hall–Kier alpha value is -1.96. The van der Waals surface area contributed by atoms with E-state index in [0.29, 0.717) is 5.69 Å². The molecule has 0 radical (unpaired) electrons. The van der Waals surface area contributed by atoms with Gasteiger partial charge >= 0.3 is 0 Å². The Morgan fingerprint density at radius 3 is 2.72 bits per heavy atom. The number of nitrogens with zero attached hydrogens (tertiary/aromatic N) is 3. The van der Waals surface area contributed by atoms with E-state index in [9.17, 15) is 12.8 Å². The summed E-state index contributed by atoms with van der Waals surface area (Å²) in [5.74, 6) is -0.901. The second kappa shape index (κ2) is 4.37. The highest BCUT2D eigenvalue weighted by molar-refractivity contribution is 7.90. The van der Waals surface area contributed by atoms with Crippen LogP contribution in [0.1, 0.15) is 5.69 Å². The van der Waals surface area contributed by atoms with E-state index >= 15 is 0 Å². The minimum absolute atomic E-state index is 0.102. The zero-order chi connectivity index (χ0) is 13.3. The van der Waals surface area contributed by atoms with Crippen molar-refractivity contribution in [2.24, 2.45) is 7.05 Å². The highest BCUT2D eigenvalue weighted by atomic mass is 32.2. The van der Waals surface area contributed by atoms with Gasteiger partial charge in [-0.3, -0.25) is 4.68 Å². The number of aryl methyl sites for hydroxylation is 1. The summed E-state index contributed by atoms with van der Waals surface area (Å²) in [5.41, 5.74) is 5.70. The predicted molar refractivity (Wildman–Crippen MR) is 62.7 cm³/mol. The topological polar surface area (TPSA) is 90.9 Å². The van der Waals surface area contributed by atoms with Crippen molar-refractivity contribution >= 4 is 15.5 Å². The minimum atomic E-state index is -3.65. The van der Waals surface area contributed by atoms with Crippen molar-refractivity contribution in [2.75, 3.05) is 5.73 Å². The zero-order valence-electron chi connectivity index (χ0n) is 9.54. The zero-order valence-corrected chi connectivity index (χ0v) is 10.4. The molecule has 0 spiro atoms. The largest absolute Gasteiger partial charge is 0.398 e. The summed E-state index contributed by atoms with van der Waals surface area (Å²) in [4.78, 5) is -0.102. The number of rotatable bonds is 3. The molecule has 2 rings (SSSR count). The molecular weight excluding hydrogens is 259 g/mol. The monoisotopic (exact) mass is 270 g/mol. The standard InChI is InChI=1S/C10H11FN4O2S/c1-15-5-8(13-14-15)6-18(16,17)10-3-2-7(11)4-9(10)12/h2-5H,6,12H2,1H3. The molecule has 0 fully saturated rings. The number of nitrogens with two attached hydrogens (primary N) is 1. The van der Waals surface area contributed by atoms with E-state index in [0.717, 1.165) is 18.2 Å². The van der Waals surface area contributed by atoms with Gasteiger partial charge in [0.2, 0.25) is 0 Å². The van der Waals surface area contributed by atoms with Crippen LogP contribution in [0.15, 0.2) is 29.3 Å². The van der Waals surface area contributed by atoms with Crippen molar-refractivity contribution in [3.8, 4) is 0 Å². The van der Waals surface area contributed by atoms with Gasteiger partial charge in [0.15, 0.2) is 9.84 Å². The molecule has 0 aliphatic carbocycles. The Kier molecular flexibility index (Phi) is 3.04. The molecule has 1 heterocycles. The number of aromatic nitrogens is 3. The molecule has 1 aromatic carbocycles. The molecule has 0 unspecified atom stereocenters. The van der Waals surface area contributed by atoms with Crippen LogP contribution in [-0.4, -0.2) is 23.4 Å². The number of benzene rings is 1. The number of hydrogen-bond donors (Lipinski definition) is 1. The molecule has 0 bridgehead atoms. The summed E-state index contributed by atoms with van der Waals surface area (Å²) in [7, 11) is -2.02. The van der Waals surface area contributed by atoms with E-state index in [1.165, 1.54) is 10.9 Å². The summed E-state index contributed by atoms with van der Waals surface area (Å²) < 4.78 is 38.4. The minimum Gasteiger partial charge on any atom is -0.398 e. The van der Waals surface area contributed by atoms with Crippen LogP contribution in [-0.2, 0) is 22.6 Å². The fraction of sp³-hybridized carbons (Fsp3) is 0.200. The lowest BCUT2D eigenvalue weighted by Crippen LogP contribution is -2.08. The first kappa shape index (κ1) is 12.5. The smallest absolute Gasteiger partial charge is 0.186 e. The van der Waals surface area contributed by atoms with E-state index in [1.807, 2.05) is 0 Å². The summed E-state index contributed by atoms with van der Waals surface area (Å²) in [6.07, 6.45) is 1.50. The molecule has 0 saturated carbocycles. The highest BCUT2D eigenvalue weighted by Crippen LogP contribution is 2.22. The van der Waals surface area contributed by atoms with Gasteiger partial charge in [0.25, 0.3) is 0 Å². The Morgan fingerprint density at radius 1 is 1.44 bits per heavy atom. The molecule has 0 amide bonds. The van der Waals surface area contributed by atoms with E-state index in [4.69, 9.17) is 5.73 Å². The van der Waals surface area contributed by atoms with E-state index < -0.39 is 15.7 Å². The van der Waals surface area contributed by atoms with Gasteiger partial charge in [0.1, 0.15) is 11.6 Å². The fourth-order valence-electron chi connectivity index (χ4n) is 1.54. The molecule has 0 aliphatic rings. The Bertz CT molecular complexity index is 681. The first-order valence-electron chi connectivity index (χ1n) is 5.01. The van der Waals surface area contributed by atoms with Crippen molar-refractivity contribution in [1.82, 2.24) is 15.0 Å². The van der Waals surface area contributed by atoms with Gasteiger partial charge in [0, 0.05) is 13.2 Å². The fourth-order valence-corrected chi connectivity index (χ4v) is 2.91. The molecular formula is C10H11FN4O2S. The number of sulfone groups is 1. The van der Waals surface area contributed by atoms with Crippen molar-refractivity contribution < 1.29 is 12.8 Å². The van der Waals surface area contributed by atoms with Crippen molar-refractivity contribution in [1.29, 1.82) is 0 Å². The van der Waals surface area contributed by atoms with Crippen LogP contribution in [0.5, 0.6) is 0 Å². The van der Waals surface area contributed by atoms with Crippen LogP contribution in [0.2, 0.25) is 0 Å². The molecule has 18 heavy (non-hydrogen) atoms. The molecule has 2 aromatic rings. The maximum atomic E-state index is 12.9. The van der Waals surface area contributed by atoms with Gasteiger partial charge in [-0.05, 0) is 18.2 Å². The molecule has 2 N–H and O–H groups in total. The quantitative estimate of drug-likeness (QED) is 0.648. The van der Waals surface area contributed by atoms with Crippen LogP contribution in [0.4, 0.5) is 10.1 Å². The maximum Gasteiger partial charge on any atom is 0.186 e. The molecule has 1 aromatic heterocycles. The molecule has 0 saturated heterocycles. The number of nitrogen functional groups attached to an aromatic ring is 1. The lowest BCUT2D eigenvalue weighted by atomic mass is 10.3. The van der Waals surface area contributed by atoms with Crippen LogP contribution in [0.3, 0.4) is 0 Å². The average Bonchev–Trinajstić information content (AvgIpc) is 2.62. The van der Waals surface area contributed by atoms with Gasteiger partial charge < -0.3 is 5.73 Å². The summed E-state index contributed by atoms with van der Waals surface area (Å²) in [5, 5.41) is 7.33. The average molecular weight is 270 g/mol. The molecule has 0 atom stereocenters. The lowest BCUT2D eigenvalue weighted by molar-refractivity contribution is 0.594. The summed E-state index contributed by atoms with van der Waals surface area (Å²) >= 11 is 0. The van der Waals surface area contributed by atoms with Gasteiger partial charge in [-0.15, -0.1) is 5.10 Å². The predicted octanol–water partition coefficient (Wildman–Crippen LogP) is 0.510. The van der Waals surface area contributed by atoms with Crippen LogP contribution < -0.4 is 5.73 Å². The number of anilines is 1. The van der Waals surface area contributed by atoms with Gasteiger partial charge in [0.05, 0.1) is 16.3 Å². The van der Waals surface area contributed by atoms with Gasteiger partial charge in [-0.1, -0.05) is 5.21 Å². The second-order valence-corrected chi connectivity index (χ2v) is 5.78. The van der Waals surface area contributed by atoms with Crippen LogP contribution >= 0.6 is 0 Å². The van der Waals surface area contributed by atoms with Crippen molar-refractivity contribution in [3.05, 3.63) is 35.9 Å². The summed E-state index contributed by atoms with van der Waals surface area (Å²) in [6, 6.07) is 3.18. The van der Waals surface area contributed by atoms with Gasteiger partial charge in [-0.25, -0.2) is 12.8 Å². The Labute approximate surface area is 103 Å². The Morgan fingerprint density at radius 2 is 2.17 bits per heavy atom. The van der Waals surface area contributed by atoms with E-state index in [1.54, 1.807) is 7.05 Å². The van der Waals surface area contributed by atoms with Crippen molar-refractivity contribution in [2.45, 2.75) is 10.6 Å². The van der Waals surface area contributed by atoms with Gasteiger partial charge in [-0.2, -0.15) is 0 Å². The number of hydrogen-bond acceptors (Lipinski definition) is 5. The second-order valence-electron chi connectivity index (χ2n) is 3.82. The van der Waals surface area contributed by atoms with Crippen LogP contribution in [0, 0.1) is 5.82 Å². The maximum absolute atomic E-state index is 12.9. The normalized spacial score (nSPS) is 11.7. The lowest BCUT2D eigenvalue weighted by Gasteiger charge is -2.05. The third kappa shape index (κ3) is 2.48. The van der Waals surface area contributed by atoms with E-state index in [-0.39, 0.29) is 16.3 Å². The van der Waals surface area contributed by atoms with E-state index in [2.05, 4.69) is 10.3 Å². The molecule has 8 heteroatoms. The summed E-state index contributed by atoms with van der Waals surface area (Å²) in [6.45, 7) is 0. The third-order valence-corrected chi connectivity index (χ3v) is 4.01. The SMILES string of the molecule is Cn1cc(CS(=O)(=O)c2ccc(F)cc2N)nn1. The molecule has 6 nitrogen and oxygen atoms in total. The molecule has 96 valence electrons.